The normalized spacial score (nSPS) is 10.9. The van der Waals surface area contributed by atoms with E-state index < -0.39 is 0 Å². The van der Waals surface area contributed by atoms with Gasteiger partial charge >= 0.3 is 0 Å². The van der Waals surface area contributed by atoms with Crippen LogP contribution < -0.4 is 20.1 Å². The van der Waals surface area contributed by atoms with E-state index in [0.717, 1.165) is 48.2 Å². The van der Waals surface area contributed by atoms with E-state index in [-0.39, 0.29) is 24.0 Å². The minimum absolute atomic E-state index is 0. The number of aliphatic imine (C=N–C) groups is 1. The van der Waals surface area contributed by atoms with E-state index in [0.29, 0.717) is 18.2 Å². The monoisotopic (exact) mass is 567 g/mol. The first kappa shape index (κ1) is 25.9. The van der Waals surface area contributed by atoms with Crippen LogP contribution in [0.3, 0.4) is 0 Å². The largest absolute Gasteiger partial charge is 0.497 e. The minimum atomic E-state index is 0. The second kappa shape index (κ2) is 13.9. The lowest BCUT2D eigenvalue weighted by Crippen LogP contribution is -2.38. The van der Waals surface area contributed by atoms with Crippen molar-refractivity contribution < 1.29 is 9.47 Å². The van der Waals surface area contributed by atoms with Crippen LogP contribution >= 0.6 is 35.3 Å². The number of hydrogen-bond acceptors (Lipinski definition) is 6. The number of aromatic nitrogens is 2. The fourth-order valence-corrected chi connectivity index (χ4v) is 3.64. The Bertz CT molecular complexity index is 979. The number of halogens is 1. The number of aryl methyl sites for hydroxylation is 1. The summed E-state index contributed by atoms with van der Waals surface area (Å²) in [6, 6.07) is 11.3. The van der Waals surface area contributed by atoms with Crippen molar-refractivity contribution in [2.45, 2.75) is 33.2 Å². The van der Waals surface area contributed by atoms with Crippen LogP contribution in [0.15, 0.2) is 53.8 Å². The number of pyridine rings is 1. The van der Waals surface area contributed by atoms with Gasteiger partial charge in [0.1, 0.15) is 11.5 Å². The number of nitrogens with one attached hydrogen (secondary N) is 2. The van der Waals surface area contributed by atoms with Gasteiger partial charge in [-0.25, -0.2) is 15.0 Å². The van der Waals surface area contributed by atoms with Gasteiger partial charge in [0.15, 0.2) is 5.96 Å². The van der Waals surface area contributed by atoms with Crippen LogP contribution in [0.4, 0.5) is 0 Å². The number of hydrogen-bond donors (Lipinski definition) is 2. The Kier molecular flexibility index (Phi) is 11.2. The van der Waals surface area contributed by atoms with Crippen molar-refractivity contribution in [1.82, 2.24) is 20.6 Å². The van der Waals surface area contributed by atoms with Gasteiger partial charge in [-0.3, -0.25) is 0 Å². The molecule has 2 N–H and O–H groups in total. The van der Waals surface area contributed by atoms with Crippen LogP contribution in [0.2, 0.25) is 0 Å². The number of guanidine groups is 1. The summed E-state index contributed by atoms with van der Waals surface area (Å²) in [5.74, 6) is 2.74. The van der Waals surface area contributed by atoms with E-state index >= 15 is 0 Å². The quantitative estimate of drug-likeness (QED) is 0.208. The molecule has 0 saturated carbocycles. The van der Waals surface area contributed by atoms with Gasteiger partial charge in [0, 0.05) is 48.9 Å². The number of nitrogens with zero attached hydrogens (tertiary/aromatic N) is 3. The average Bonchev–Trinajstić information content (AvgIpc) is 3.26. The molecule has 0 aliphatic carbocycles. The lowest BCUT2D eigenvalue weighted by molar-refractivity contribution is 0.407. The molecule has 2 heterocycles. The van der Waals surface area contributed by atoms with Crippen LogP contribution in [0, 0.1) is 0 Å². The molecule has 172 valence electrons. The first-order chi connectivity index (χ1) is 15.2. The van der Waals surface area contributed by atoms with Gasteiger partial charge in [-0.05, 0) is 31.0 Å². The summed E-state index contributed by atoms with van der Waals surface area (Å²) >= 11 is 1.77. The molecule has 7 nitrogen and oxygen atoms in total. The summed E-state index contributed by atoms with van der Waals surface area (Å²) in [6.45, 7) is 6.32. The van der Waals surface area contributed by atoms with Crippen LogP contribution in [0.5, 0.6) is 17.4 Å². The molecule has 3 rings (SSSR count). The predicted molar refractivity (Wildman–Crippen MR) is 141 cm³/mol. The lowest BCUT2D eigenvalue weighted by atomic mass is 10.3. The van der Waals surface area contributed by atoms with Gasteiger partial charge in [0.2, 0.25) is 5.88 Å². The summed E-state index contributed by atoms with van der Waals surface area (Å²) in [4.78, 5) is 14.8. The summed E-state index contributed by atoms with van der Waals surface area (Å²) in [5, 5.41) is 7.79. The fourth-order valence-electron chi connectivity index (χ4n) is 2.78. The predicted octanol–water partition coefficient (Wildman–Crippen LogP) is 4.82. The summed E-state index contributed by atoms with van der Waals surface area (Å²) in [7, 11) is 1.63. The van der Waals surface area contributed by atoms with Gasteiger partial charge in [0.25, 0.3) is 0 Å². The van der Waals surface area contributed by atoms with Crippen molar-refractivity contribution in [3.05, 3.63) is 64.2 Å². The van der Waals surface area contributed by atoms with E-state index in [1.807, 2.05) is 42.6 Å². The molecule has 2 aromatic heterocycles. The first-order valence-corrected chi connectivity index (χ1v) is 11.2. The molecule has 0 unspecified atom stereocenters. The highest BCUT2D eigenvalue weighted by atomic mass is 127. The molecule has 1 aromatic carbocycles. The number of benzene rings is 1. The molecule has 0 fully saturated rings. The van der Waals surface area contributed by atoms with Crippen LogP contribution in [-0.2, 0) is 19.4 Å². The Hall–Kier alpha value is -2.40. The third-order valence-electron chi connectivity index (χ3n) is 4.41. The molecule has 0 radical (unpaired) electrons. The molecule has 32 heavy (non-hydrogen) atoms. The van der Waals surface area contributed by atoms with Crippen molar-refractivity contribution in [2.75, 3.05) is 20.2 Å². The van der Waals surface area contributed by atoms with Crippen LogP contribution in [-0.4, -0.2) is 36.1 Å². The zero-order chi connectivity index (χ0) is 21.9. The standard InChI is InChI=1S/C23H29N5O2S.HI/c1-4-20-16-27-22(31-20)11-12-25-23(24-5-2)28-15-17-9-10-21(26-14-17)30-19-8-6-7-18(13-19)29-3;/h6-10,13-14,16H,4-5,11-12,15H2,1-3H3,(H2,24,25,28);1H. The molecule has 0 aliphatic rings. The highest BCUT2D eigenvalue weighted by Crippen LogP contribution is 2.23. The lowest BCUT2D eigenvalue weighted by Gasteiger charge is -2.11. The minimum Gasteiger partial charge on any atom is -0.497 e. The van der Waals surface area contributed by atoms with Crippen molar-refractivity contribution in [3.63, 3.8) is 0 Å². The smallest absolute Gasteiger partial charge is 0.219 e. The van der Waals surface area contributed by atoms with E-state index in [1.165, 1.54) is 4.88 Å². The molecular formula is C23H30IN5O2S. The molecule has 0 spiro atoms. The number of thiazole rings is 1. The number of rotatable bonds is 10. The summed E-state index contributed by atoms with van der Waals surface area (Å²) in [5.41, 5.74) is 1.00. The second-order valence-electron chi connectivity index (χ2n) is 6.73. The van der Waals surface area contributed by atoms with Crippen molar-refractivity contribution in [1.29, 1.82) is 0 Å². The molecule has 0 saturated heterocycles. The van der Waals surface area contributed by atoms with E-state index in [1.54, 1.807) is 24.6 Å². The third-order valence-corrected chi connectivity index (χ3v) is 5.61. The third kappa shape index (κ3) is 8.27. The van der Waals surface area contributed by atoms with Gasteiger partial charge in [0.05, 0.1) is 18.7 Å². The Morgan fingerprint density at radius 1 is 1.06 bits per heavy atom. The summed E-state index contributed by atoms with van der Waals surface area (Å²) < 4.78 is 11.0. The fraction of sp³-hybridized carbons (Fsp3) is 0.348. The molecule has 3 aromatic rings. The number of methoxy groups -OCH3 is 1. The Morgan fingerprint density at radius 2 is 1.91 bits per heavy atom. The van der Waals surface area contributed by atoms with E-state index in [9.17, 15) is 0 Å². The highest BCUT2D eigenvalue weighted by Gasteiger charge is 2.04. The summed E-state index contributed by atoms with van der Waals surface area (Å²) in [6.07, 6.45) is 5.66. The second-order valence-corrected chi connectivity index (χ2v) is 7.93. The Morgan fingerprint density at radius 3 is 2.59 bits per heavy atom. The van der Waals surface area contributed by atoms with E-state index in [2.05, 4.69) is 39.4 Å². The molecule has 9 heteroatoms. The molecule has 0 amide bonds. The maximum atomic E-state index is 5.79. The van der Waals surface area contributed by atoms with Gasteiger partial charge < -0.3 is 20.1 Å². The Balaban J connectivity index is 0.00000363. The maximum absolute atomic E-state index is 5.79. The SMILES string of the molecule is CCNC(=NCc1ccc(Oc2cccc(OC)c2)nc1)NCCc1ncc(CC)s1.I. The van der Waals surface area contributed by atoms with Gasteiger partial charge in [-0.2, -0.15) is 0 Å². The molecule has 0 bridgehead atoms. The van der Waals surface area contributed by atoms with Crippen molar-refractivity contribution in [2.24, 2.45) is 4.99 Å². The average molecular weight is 567 g/mol. The molecule has 0 atom stereocenters. The van der Waals surface area contributed by atoms with E-state index in [4.69, 9.17) is 9.47 Å². The topological polar surface area (TPSA) is 80.7 Å². The first-order valence-electron chi connectivity index (χ1n) is 10.4. The zero-order valence-corrected chi connectivity index (χ0v) is 21.8. The van der Waals surface area contributed by atoms with Gasteiger partial charge in [-0.15, -0.1) is 35.3 Å². The highest BCUT2D eigenvalue weighted by molar-refractivity contribution is 14.0. The van der Waals surface area contributed by atoms with Crippen molar-refractivity contribution >= 4 is 41.3 Å². The van der Waals surface area contributed by atoms with Crippen LogP contribution in [0.1, 0.15) is 29.3 Å². The zero-order valence-electron chi connectivity index (χ0n) is 18.6. The number of ether oxygens (including phenoxy) is 2. The van der Waals surface area contributed by atoms with Crippen molar-refractivity contribution in [3.8, 4) is 17.4 Å². The van der Waals surface area contributed by atoms with Crippen LogP contribution in [0.25, 0.3) is 0 Å². The maximum Gasteiger partial charge on any atom is 0.219 e. The molecular weight excluding hydrogens is 537 g/mol. The molecule has 0 aliphatic heterocycles. The Labute approximate surface area is 210 Å². The van der Waals surface area contributed by atoms with Gasteiger partial charge in [-0.1, -0.05) is 19.1 Å².